The molecule has 1 atom stereocenters. The van der Waals surface area contributed by atoms with Crippen molar-refractivity contribution in [2.24, 2.45) is 0 Å². The predicted molar refractivity (Wildman–Crippen MR) is 88.4 cm³/mol. The number of halogens is 4. The number of fused-ring (bicyclic) bond motifs is 1. The van der Waals surface area contributed by atoms with E-state index in [0.717, 1.165) is 10.0 Å². The number of hydrogen-bond donors (Lipinski definition) is 2. The van der Waals surface area contributed by atoms with Gasteiger partial charge in [-0.25, -0.2) is 9.18 Å². The number of alkyl halides is 1. The zero-order chi connectivity index (χ0) is 15.1. The fourth-order valence-electron chi connectivity index (χ4n) is 2.17. The zero-order valence-electron chi connectivity index (χ0n) is 10.4. The Bertz CT molecular complexity index is 870. The second kappa shape index (κ2) is 5.59. The molecule has 1 unspecified atom stereocenters. The lowest BCUT2D eigenvalue weighted by atomic mass is 10.0. The fraction of sp³-hybridized carbons (Fsp3) is 0.0714. The van der Waals surface area contributed by atoms with Crippen LogP contribution in [0.25, 0.3) is 11.0 Å². The van der Waals surface area contributed by atoms with E-state index in [1.807, 2.05) is 0 Å². The summed E-state index contributed by atoms with van der Waals surface area (Å²) in [6.45, 7) is 0. The molecule has 1 aromatic heterocycles. The summed E-state index contributed by atoms with van der Waals surface area (Å²) in [7, 11) is 0. The molecule has 0 amide bonds. The van der Waals surface area contributed by atoms with Gasteiger partial charge in [0.1, 0.15) is 5.82 Å². The Kier molecular flexibility index (Phi) is 3.94. The smallest absolute Gasteiger partial charge is 0.306 e. The quantitative estimate of drug-likeness (QED) is 0.557. The Morgan fingerprint density at radius 3 is 2.38 bits per heavy atom. The molecule has 0 aliphatic carbocycles. The first kappa shape index (κ1) is 14.8. The lowest BCUT2D eigenvalue weighted by Crippen LogP contribution is -1.99. The van der Waals surface area contributed by atoms with Crippen LogP contribution in [0.3, 0.4) is 0 Å². The largest absolute Gasteiger partial charge is 0.323 e. The molecule has 0 spiro atoms. The van der Waals surface area contributed by atoms with E-state index >= 15 is 0 Å². The molecule has 3 rings (SSSR count). The molecule has 7 heteroatoms. The second-order valence-corrected chi connectivity index (χ2v) is 6.77. The average Bonchev–Trinajstić information content (AvgIpc) is 2.75. The van der Waals surface area contributed by atoms with Crippen LogP contribution in [-0.2, 0) is 0 Å². The van der Waals surface area contributed by atoms with Crippen LogP contribution in [0.1, 0.15) is 16.5 Å². The van der Waals surface area contributed by atoms with Gasteiger partial charge in [-0.3, -0.25) is 0 Å². The highest BCUT2D eigenvalue weighted by Crippen LogP contribution is 2.36. The maximum atomic E-state index is 13.5. The number of H-pyrrole nitrogens is 2. The molecule has 0 saturated heterocycles. The molecule has 21 heavy (non-hydrogen) atoms. The van der Waals surface area contributed by atoms with Gasteiger partial charge in [0, 0.05) is 8.95 Å². The second-order valence-electron chi connectivity index (χ2n) is 4.56. The van der Waals surface area contributed by atoms with E-state index in [9.17, 15) is 9.18 Å². The van der Waals surface area contributed by atoms with E-state index in [2.05, 4.69) is 41.8 Å². The van der Waals surface area contributed by atoms with Crippen LogP contribution in [0.4, 0.5) is 4.39 Å². The molecule has 0 fully saturated rings. The summed E-state index contributed by atoms with van der Waals surface area (Å²) in [6.07, 6.45) is 0. The Morgan fingerprint density at radius 2 is 1.71 bits per heavy atom. The average molecular weight is 434 g/mol. The molecule has 3 aromatic rings. The van der Waals surface area contributed by atoms with E-state index in [4.69, 9.17) is 11.6 Å². The Balaban J connectivity index is 2.13. The highest BCUT2D eigenvalue weighted by Gasteiger charge is 2.17. The van der Waals surface area contributed by atoms with Crippen molar-refractivity contribution in [3.63, 3.8) is 0 Å². The van der Waals surface area contributed by atoms with Gasteiger partial charge in [-0.05, 0) is 41.5 Å². The van der Waals surface area contributed by atoms with Crippen LogP contribution in [0.15, 0.2) is 44.1 Å². The number of hydrogen-bond acceptors (Lipinski definition) is 1. The third kappa shape index (κ3) is 2.93. The summed E-state index contributed by atoms with van der Waals surface area (Å²) < 4.78 is 14.9. The minimum Gasteiger partial charge on any atom is -0.306 e. The van der Waals surface area contributed by atoms with Gasteiger partial charge in [-0.1, -0.05) is 31.9 Å². The fourth-order valence-corrected chi connectivity index (χ4v) is 3.66. The minimum atomic E-state index is -0.547. The molecule has 2 N–H and O–H groups in total. The number of aromatic amines is 2. The molecule has 0 aliphatic rings. The molecule has 0 aliphatic heterocycles. The first-order valence-electron chi connectivity index (χ1n) is 5.95. The summed E-state index contributed by atoms with van der Waals surface area (Å²) in [5.41, 5.74) is 2.42. The SMILES string of the molecule is O=c1[nH]c2cc(Br)c(C(Cl)c3cc(F)cc(Br)c3)cc2[nH]1. The van der Waals surface area contributed by atoms with Crippen molar-refractivity contribution in [1.82, 2.24) is 9.97 Å². The van der Waals surface area contributed by atoms with Crippen molar-refractivity contribution < 1.29 is 4.39 Å². The van der Waals surface area contributed by atoms with E-state index in [-0.39, 0.29) is 11.5 Å². The van der Waals surface area contributed by atoms with E-state index in [1.165, 1.54) is 12.1 Å². The van der Waals surface area contributed by atoms with Crippen molar-refractivity contribution >= 4 is 54.5 Å². The summed E-state index contributed by atoms with van der Waals surface area (Å²) in [6, 6.07) is 8.06. The van der Waals surface area contributed by atoms with Gasteiger partial charge in [-0.15, -0.1) is 11.6 Å². The van der Waals surface area contributed by atoms with Crippen molar-refractivity contribution in [3.8, 4) is 0 Å². The van der Waals surface area contributed by atoms with Crippen molar-refractivity contribution in [3.05, 3.63) is 66.7 Å². The van der Waals surface area contributed by atoms with E-state index < -0.39 is 5.38 Å². The van der Waals surface area contributed by atoms with Gasteiger partial charge in [-0.2, -0.15) is 0 Å². The Morgan fingerprint density at radius 1 is 1.05 bits per heavy atom. The van der Waals surface area contributed by atoms with Gasteiger partial charge in [0.05, 0.1) is 16.4 Å². The van der Waals surface area contributed by atoms with E-state index in [0.29, 0.717) is 21.1 Å². The molecule has 1 heterocycles. The topological polar surface area (TPSA) is 48.6 Å². The number of rotatable bonds is 2. The van der Waals surface area contributed by atoms with Crippen LogP contribution in [0.5, 0.6) is 0 Å². The Labute approximate surface area is 140 Å². The summed E-state index contributed by atoms with van der Waals surface area (Å²) in [4.78, 5) is 16.7. The monoisotopic (exact) mass is 432 g/mol. The number of nitrogens with one attached hydrogen (secondary N) is 2. The Hall–Kier alpha value is -1.11. The van der Waals surface area contributed by atoms with Crippen LogP contribution >= 0.6 is 43.5 Å². The van der Waals surface area contributed by atoms with Gasteiger partial charge in [0.25, 0.3) is 0 Å². The van der Waals surface area contributed by atoms with Crippen molar-refractivity contribution in [1.29, 1.82) is 0 Å². The summed E-state index contributed by atoms with van der Waals surface area (Å²) >= 11 is 13.2. The molecule has 3 nitrogen and oxygen atoms in total. The van der Waals surface area contributed by atoms with Crippen LogP contribution < -0.4 is 5.69 Å². The predicted octanol–water partition coefficient (Wildman–Crippen LogP) is 4.85. The van der Waals surface area contributed by atoms with Crippen LogP contribution in [-0.4, -0.2) is 9.97 Å². The molecular weight excluding hydrogens is 426 g/mol. The normalized spacial score (nSPS) is 12.8. The molecule has 108 valence electrons. The van der Waals surface area contributed by atoms with Gasteiger partial charge in [0.2, 0.25) is 0 Å². The van der Waals surface area contributed by atoms with Gasteiger partial charge < -0.3 is 9.97 Å². The third-order valence-electron chi connectivity index (χ3n) is 3.08. The van der Waals surface area contributed by atoms with Gasteiger partial charge >= 0.3 is 5.69 Å². The summed E-state index contributed by atoms with van der Waals surface area (Å²) in [5, 5.41) is -0.547. The van der Waals surface area contributed by atoms with Gasteiger partial charge in [0.15, 0.2) is 0 Å². The maximum absolute atomic E-state index is 13.5. The lowest BCUT2D eigenvalue weighted by molar-refractivity contribution is 0.625. The van der Waals surface area contributed by atoms with Crippen LogP contribution in [0, 0.1) is 5.82 Å². The first-order valence-corrected chi connectivity index (χ1v) is 7.98. The van der Waals surface area contributed by atoms with E-state index in [1.54, 1.807) is 18.2 Å². The highest BCUT2D eigenvalue weighted by atomic mass is 79.9. The number of aromatic nitrogens is 2. The highest BCUT2D eigenvalue weighted by molar-refractivity contribution is 9.10. The third-order valence-corrected chi connectivity index (χ3v) is 4.72. The zero-order valence-corrected chi connectivity index (χ0v) is 14.3. The number of imidazole rings is 1. The molecule has 0 saturated carbocycles. The van der Waals surface area contributed by atoms with Crippen molar-refractivity contribution in [2.45, 2.75) is 5.38 Å². The molecule has 0 radical (unpaired) electrons. The van der Waals surface area contributed by atoms with Crippen LogP contribution in [0.2, 0.25) is 0 Å². The number of benzene rings is 2. The molecule has 2 aromatic carbocycles. The minimum absolute atomic E-state index is 0.284. The molecular formula is C14H8Br2ClFN2O. The molecule has 0 bridgehead atoms. The summed E-state index contributed by atoms with van der Waals surface area (Å²) in [5.74, 6) is -0.364. The lowest BCUT2D eigenvalue weighted by Gasteiger charge is -2.13. The standard InChI is InChI=1S/C14H8Br2ClFN2O/c15-7-1-6(2-8(18)3-7)13(17)9-4-11-12(5-10(9)16)20-14(21)19-11/h1-5,13H,(H2,19,20,21). The van der Waals surface area contributed by atoms with Crippen molar-refractivity contribution in [2.75, 3.05) is 0 Å². The first-order chi connectivity index (χ1) is 9.94. The maximum Gasteiger partial charge on any atom is 0.323 e.